The first-order valence-corrected chi connectivity index (χ1v) is 7.13. The van der Waals surface area contributed by atoms with Crippen molar-refractivity contribution in [3.05, 3.63) is 27.8 Å². The van der Waals surface area contributed by atoms with Crippen LogP contribution >= 0.6 is 22.6 Å². The third-order valence-corrected chi connectivity index (χ3v) is 3.57. The number of carbonyl (C=O) groups is 1. The molecule has 0 saturated carbocycles. The normalized spacial score (nSPS) is 17.3. The molecule has 4 nitrogen and oxygen atoms in total. The Kier molecular flexibility index (Phi) is 4.82. The SMILES string of the molecule is CC(Nc1cccc(I)c1)C(=O)N1CCOCC1. The van der Waals surface area contributed by atoms with Crippen molar-refractivity contribution in [2.45, 2.75) is 13.0 Å². The zero-order valence-electron chi connectivity index (χ0n) is 10.4. The Balaban J connectivity index is 1.94. The lowest BCUT2D eigenvalue weighted by atomic mass is 10.2. The van der Waals surface area contributed by atoms with Crippen LogP contribution in [0.25, 0.3) is 0 Å². The van der Waals surface area contributed by atoms with E-state index >= 15 is 0 Å². The van der Waals surface area contributed by atoms with Crippen molar-refractivity contribution in [1.29, 1.82) is 0 Å². The number of benzene rings is 1. The number of amides is 1. The molecule has 0 bridgehead atoms. The highest BCUT2D eigenvalue weighted by Gasteiger charge is 2.22. The van der Waals surface area contributed by atoms with Crippen LogP contribution in [0.1, 0.15) is 6.92 Å². The molecule has 1 saturated heterocycles. The second-order valence-electron chi connectivity index (χ2n) is 4.31. The Bertz CT molecular complexity index is 419. The average molecular weight is 360 g/mol. The predicted octanol–water partition coefficient (Wildman–Crippen LogP) is 1.95. The van der Waals surface area contributed by atoms with Crippen LogP contribution < -0.4 is 5.32 Å². The standard InChI is InChI=1S/C13H17IN2O2/c1-10(13(17)16-5-7-18-8-6-16)15-12-4-2-3-11(14)9-12/h2-4,9-10,15H,5-8H2,1H3. The molecule has 0 radical (unpaired) electrons. The van der Waals surface area contributed by atoms with Gasteiger partial charge in [-0.2, -0.15) is 0 Å². The van der Waals surface area contributed by atoms with E-state index in [-0.39, 0.29) is 11.9 Å². The minimum atomic E-state index is -0.207. The summed E-state index contributed by atoms with van der Waals surface area (Å²) in [4.78, 5) is 14.0. The summed E-state index contributed by atoms with van der Waals surface area (Å²) in [5, 5.41) is 3.24. The van der Waals surface area contributed by atoms with Crippen molar-refractivity contribution in [2.75, 3.05) is 31.6 Å². The van der Waals surface area contributed by atoms with Gasteiger partial charge in [0.25, 0.3) is 0 Å². The summed E-state index contributed by atoms with van der Waals surface area (Å²) >= 11 is 2.26. The van der Waals surface area contributed by atoms with Gasteiger partial charge in [-0.05, 0) is 47.7 Å². The van der Waals surface area contributed by atoms with E-state index in [0.29, 0.717) is 26.3 Å². The number of nitrogens with zero attached hydrogens (tertiary/aromatic N) is 1. The molecule has 1 aliphatic rings. The maximum atomic E-state index is 12.2. The predicted molar refractivity (Wildman–Crippen MR) is 79.6 cm³/mol. The van der Waals surface area contributed by atoms with Crippen LogP contribution in [-0.2, 0) is 9.53 Å². The Morgan fingerprint density at radius 3 is 2.83 bits per heavy atom. The number of hydrogen-bond acceptors (Lipinski definition) is 3. The van der Waals surface area contributed by atoms with Crippen molar-refractivity contribution in [1.82, 2.24) is 4.90 Å². The molecule has 1 atom stereocenters. The van der Waals surface area contributed by atoms with Gasteiger partial charge in [0.1, 0.15) is 6.04 Å². The van der Waals surface area contributed by atoms with E-state index in [1.165, 1.54) is 0 Å². The van der Waals surface area contributed by atoms with E-state index in [2.05, 4.69) is 27.9 Å². The smallest absolute Gasteiger partial charge is 0.244 e. The fraction of sp³-hybridized carbons (Fsp3) is 0.462. The summed E-state index contributed by atoms with van der Waals surface area (Å²) in [6.45, 7) is 4.56. The molecule has 1 aromatic carbocycles. The second kappa shape index (κ2) is 6.38. The quantitative estimate of drug-likeness (QED) is 0.838. The number of rotatable bonds is 3. The second-order valence-corrected chi connectivity index (χ2v) is 5.56. The van der Waals surface area contributed by atoms with Crippen LogP contribution in [-0.4, -0.2) is 43.2 Å². The summed E-state index contributed by atoms with van der Waals surface area (Å²) in [6.07, 6.45) is 0. The Morgan fingerprint density at radius 2 is 2.17 bits per heavy atom. The van der Waals surface area contributed by atoms with Gasteiger partial charge in [0, 0.05) is 22.3 Å². The minimum Gasteiger partial charge on any atom is -0.378 e. The monoisotopic (exact) mass is 360 g/mol. The lowest BCUT2D eigenvalue weighted by Crippen LogP contribution is -2.46. The molecule has 5 heteroatoms. The summed E-state index contributed by atoms with van der Waals surface area (Å²) in [7, 11) is 0. The fourth-order valence-electron chi connectivity index (χ4n) is 1.95. The van der Waals surface area contributed by atoms with Gasteiger partial charge < -0.3 is 15.0 Å². The van der Waals surface area contributed by atoms with Gasteiger partial charge in [0.05, 0.1) is 13.2 Å². The first-order chi connectivity index (χ1) is 8.66. The first-order valence-electron chi connectivity index (χ1n) is 6.05. The van der Waals surface area contributed by atoms with E-state index in [4.69, 9.17) is 4.74 Å². The molecule has 1 N–H and O–H groups in total. The molecule has 1 amide bonds. The maximum Gasteiger partial charge on any atom is 0.244 e. The molecule has 0 spiro atoms. The van der Waals surface area contributed by atoms with E-state index < -0.39 is 0 Å². The number of anilines is 1. The highest BCUT2D eigenvalue weighted by atomic mass is 127. The summed E-state index contributed by atoms with van der Waals surface area (Å²) in [5.74, 6) is 0.136. The largest absolute Gasteiger partial charge is 0.378 e. The third kappa shape index (κ3) is 3.58. The van der Waals surface area contributed by atoms with Crippen LogP contribution in [0, 0.1) is 3.57 Å². The molecular formula is C13H17IN2O2. The van der Waals surface area contributed by atoms with Gasteiger partial charge in [-0.3, -0.25) is 4.79 Å². The summed E-state index contributed by atoms with van der Waals surface area (Å²) in [5.41, 5.74) is 0.982. The maximum absolute atomic E-state index is 12.2. The lowest BCUT2D eigenvalue weighted by molar-refractivity contribution is -0.135. The fourth-order valence-corrected chi connectivity index (χ4v) is 2.49. The number of carbonyl (C=O) groups excluding carboxylic acids is 1. The third-order valence-electron chi connectivity index (χ3n) is 2.90. The lowest BCUT2D eigenvalue weighted by Gasteiger charge is -2.29. The molecule has 0 aliphatic carbocycles. The molecule has 1 unspecified atom stereocenters. The van der Waals surface area contributed by atoms with Gasteiger partial charge in [-0.15, -0.1) is 0 Å². The summed E-state index contributed by atoms with van der Waals surface area (Å²) in [6, 6.07) is 7.81. The number of morpholine rings is 1. The molecule has 1 aliphatic heterocycles. The molecule has 0 aromatic heterocycles. The van der Waals surface area contributed by atoms with E-state index in [1.54, 1.807) is 0 Å². The van der Waals surface area contributed by atoms with Crippen LogP contribution in [0.3, 0.4) is 0 Å². The van der Waals surface area contributed by atoms with Gasteiger partial charge in [0.15, 0.2) is 0 Å². The minimum absolute atomic E-state index is 0.136. The molecule has 2 rings (SSSR count). The van der Waals surface area contributed by atoms with Gasteiger partial charge in [-0.1, -0.05) is 6.07 Å². The van der Waals surface area contributed by atoms with Crippen LogP contribution in [0.5, 0.6) is 0 Å². The molecular weight excluding hydrogens is 343 g/mol. The average Bonchev–Trinajstić information content (AvgIpc) is 2.39. The highest BCUT2D eigenvalue weighted by molar-refractivity contribution is 14.1. The van der Waals surface area contributed by atoms with Crippen molar-refractivity contribution in [2.24, 2.45) is 0 Å². The first kappa shape index (κ1) is 13.6. The number of ether oxygens (including phenoxy) is 1. The molecule has 18 heavy (non-hydrogen) atoms. The number of nitrogens with one attached hydrogen (secondary N) is 1. The molecule has 1 fully saturated rings. The van der Waals surface area contributed by atoms with E-state index in [0.717, 1.165) is 9.26 Å². The van der Waals surface area contributed by atoms with Gasteiger partial charge >= 0.3 is 0 Å². The Hall–Kier alpha value is -0.820. The zero-order valence-corrected chi connectivity index (χ0v) is 12.5. The van der Waals surface area contributed by atoms with Crippen LogP contribution in [0.4, 0.5) is 5.69 Å². The van der Waals surface area contributed by atoms with Crippen LogP contribution in [0.15, 0.2) is 24.3 Å². The molecule has 98 valence electrons. The highest BCUT2D eigenvalue weighted by Crippen LogP contribution is 2.14. The Labute approximate surface area is 121 Å². The van der Waals surface area contributed by atoms with Crippen molar-refractivity contribution < 1.29 is 9.53 Å². The number of halogens is 1. The van der Waals surface area contributed by atoms with Crippen molar-refractivity contribution in [3.63, 3.8) is 0 Å². The van der Waals surface area contributed by atoms with E-state index in [9.17, 15) is 4.79 Å². The molecule has 1 heterocycles. The van der Waals surface area contributed by atoms with Gasteiger partial charge in [-0.25, -0.2) is 0 Å². The van der Waals surface area contributed by atoms with Crippen LogP contribution in [0.2, 0.25) is 0 Å². The van der Waals surface area contributed by atoms with Crippen molar-refractivity contribution in [3.8, 4) is 0 Å². The summed E-state index contributed by atoms with van der Waals surface area (Å²) < 4.78 is 6.40. The van der Waals surface area contributed by atoms with E-state index in [1.807, 2.05) is 36.1 Å². The topological polar surface area (TPSA) is 41.6 Å². The molecule has 1 aromatic rings. The van der Waals surface area contributed by atoms with Crippen molar-refractivity contribution >= 4 is 34.2 Å². The Morgan fingerprint density at radius 1 is 1.44 bits per heavy atom. The van der Waals surface area contributed by atoms with Gasteiger partial charge in [0.2, 0.25) is 5.91 Å². The number of hydrogen-bond donors (Lipinski definition) is 1. The zero-order chi connectivity index (χ0) is 13.0.